The van der Waals surface area contributed by atoms with Crippen molar-refractivity contribution in [3.05, 3.63) is 16.1 Å². The number of nitrogens with one attached hydrogen (secondary N) is 1. The van der Waals surface area contributed by atoms with Gasteiger partial charge >= 0.3 is 0 Å². The van der Waals surface area contributed by atoms with E-state index in [0.717, 1.165) is 23.7 Å². The molecule has 1 aliphatic rings. The SMILES string of the molecule is CNC(c1csc(C)n1)C1CCCO1. The van der Waals surface area contributed by atoms with Gasteiger partial charge in [-0.2, -0.15) is 0 Å². The molecule has 2 heterocycles. The number of rotatable bonds is 3. The lowest BCUT2D eigenvalue weighted by atomic mass is 10.1. The van der Waals surface area contributed by atoms with Gasteiger partial charge in [0.2, 0.25) is 0 Å². The summed E-state index contributed by atoms with van der Waals surface area (Å²) in [4.78, 5) is 4.50. The Bertz CT molecular complexity index is 294. The molecule has 0 aromatic carbocycles. The van der Waals surface area contributed by atoms with Crippen LogP contribution in [0.5, 0.6) is 0 Å². The molecule has 78 valence electrons. The summed E-state index contributed by atoms with van der Waals surface area (Å²) in [7, 11) is 1.97. The first-order valence-electron chi connectivity index (χ1n) is 5.02. The van der Waals surface area contributed by atoms with Crippen LogP contribution in [0.15, 0.2) is 5.38 Å². The van der Waals surface area contributed by atoms with Crippen molar-refractivity contribution in [1.82, 2.24) is 10.3 Å². The second-order valence-electron chi connectivity index (χ2n) is 3.61. The van der Waals surface area contributed by atoms with Crippen molar-refractivity contribution in [2.45, 2.75) is 31.9 Å². The molecule has 0 amide bonds. The molecule has 2 rings (SSSR count). The summed E-state index contributed by atoms with van der Waals surface area (Å²) in [6, 6.07) is 0.266. The van der Waals surface area contributed by atoms with Crippen LogP contribution in [0.2, 0.25) is 0 Å². The zero-order chi connectivity index (χ0) is 9.97. The van der Waals surface area contributed by atoms with Crippen LogP contribution >= 0.6 is 11.3 Å². The molecule has 1 saturated heterocycles. The molecule has 1 aromatic heterocycles. The molecule has 0 bridgehead atoms. The molecule has 4 heteroatoms. The van der Waals surface area contributed by atoms with Crippen molar-refractivity contribution in [3.63, 3.8) is 0 Å². The highest BCUT2D eigenvalue weighted by Gasteiger charge is 2.27. The van der Waals surface area contributed by atoms with Crippen LogP contribution in [-0.4, -0.2) is 24.7 Å². The van der Waals surface area contributed by atoms with E-state index in [1.165, 1.54) is 6.42 Å². The van der Waals surface area contributed by atoms with Gasteiger partial charge in [0.15, 0.2) is 0 Å². The van der Waals surface area contributed by atoms with E-state index in [9.17, 15) is 0 Å². The van der Waals surface area contributed by atoms with E-state index in [-0.39, 0.29) is 6.04 Å². The Hall–Kier alpha value is -0.450. The third-order valence-electron chi connectivity index (χ3n) is 2.60. The van der Waals surface area contributed by atoms with E-state index in [1.54, 1.807) is 11.3 Å². The Balaban J connectivity index is 2.12. The molecule has 0 saturated carbocycles. The summed E-state index contributed by atoms with van der Waals surface area (Å²) in [6.45, 7) is 2.93. The number of thiazole rings is 1. The van der Waals surface area contributed by atoms with Crippen LogP contribution in [-0.2, 0) is 4.74 Å². The van der Waals surface area contributed by atoms with Crippen LogP contribution < -0.4 is 5.32 Å². The standard InChI is InChI=1S/C10H16N2OS/c1-7-12-8(6-14-7)10(11-2)9-4-3-5-13-9/h6,9-11H,3-5H2,1-2H3. The summed E-state index contributed by atoms with van der Waals surface area (Å²) in [6.07, 6.45) is 2.62. The van der Waals surface area contributed by atoms with Gasteiger partial charge in [0.05, 0.1) is 22.8 Å². The Morgan fingerprint density at radius 3 is 3.07 bits per heavy atom. The highest BCUT2D eigenvalue weighted by atomic mass is 32.1. The molecule has 1 N–H and O–H groups in total. The van der Waals surface area contributed by atoms with Crippen LogP contribution in [0.3, 0.4) is 0 Å². The lowest BCUT2D eigenvalue weighted by Crippen LogP contribution is -2.29. The molecular weight excluding hydrogens is 196 g/mol. The Labute approximate surface area is 88.5 Å². The van der Waals surface area contributed by atoms with Crippen LogP contribution in [0, 0.1) is 6.92 Å². The van der Waals surface area contributed by atoms with E-state index >= 15 is 0 Å². The van der Waals surface area contributed by atoms with Gasteiger partial charge in [0.1, 0.15) is 0 Å². The summed E-state index contributed by atoms with van der Waals surface area (Å²) >= 11 is 1.70. The third kappa shape index (κ3) is 1.97. The van der Waals surface area contributed by atoms with E-state index in [0.29, 0.717) is 6.10 Å². The smallest absolute Gasteiger partial charge is 0.0898 e. The average molecular weight is 212 g/mol. The minimum atomic E-state index is 0.266. The first kappa shape index (κ1) is 10.1. The average Bonchev–Trinajstić information content (AvgIpc) is 2.79. The first-order chi connectivity index (χ1) is 6.81. The van der Waals surface area contributed by atoms with E-state index < -0.39 is 0 Å². The van der Waals surface area contributed by atoms with Gasteiger partial charge in [-0.3, -0.25) is 0 Å². The quantitative estimate of drug-likeness (QED) is 0.831. The minimum absolute atomic E-state index is 0.266. The van der Waals surface area contributed by atoms with Crippen molar-refractivity contribution in [2.24, 2.45) is 0 Å². The van der Waals surface area contributed by atoms with Crippen molar-refractivity contribution in [3.8, 4) is 0 Å². The van der Waals surface area contributed by atoms with Crippen molar-refractivity contribution in [1.29, 1.82) is 0 Å². The molecule has 14 heavy (non-hydrogen) atoms. The first-order valence-corrected chi connectivity index (χ1v) is 5.90. The van der Waals surface area contributed by atoms with E-state index in [2.05, 4.69) is 15.7 Å². The number of aryl methyl sites for hydroxylation is 1. The molecule has 1 aromatic rings. The maximum absolute atomic E-state index is 5.67. The van der Waals surface area contributed by atoms with Crippen molar-refractivity contribution < 1.29 is 4.74 Å². The largest absolute Gasteiger partial charge is 0.376 e. The molecular formula is C10H16N2OS. The predicted octanol–water partition coefficient (Wildman–Crippen LogP) is 1.89. The molecule has 0 spiro atoms. The number of ether oxygens (including phenoxy) is 1. The van der Waals surface area contributed by atoms with Crippen LogP contribution in [0.4, 0.5) is 0 Å². The van der Waals surface area contributed by atoms with Gasteiger partial charge in [0.25, 0.3) is 0 Å². The summed E-state index contributed by atoms with van der Waals surface area (Å²) in [5, 5.41) is 6.54. The van der Waals surface area contributed by atoms with Crippen molar-refractivity contribution >= 4 is 11.3 Å². The number of likely N-dealkylation sites (N-methyl/N-ethyl adjacent to an activating group) is 1. The topological polar surface area (TPSA) is 34.2 Å². The zero-order valence-electron chi connectivity index (χ0n) is 8.62. The molecule has 0 aliphatic carbocycles. The van der Waals surface area contributed by atoms with Crippen LogP contribution in [0.25, 0.3) is 0 Å². The number of aromatic nitrogens is 1. The highest BCUT2D eigenvalue weighted by Crippen LogP contribution is 2.27. The maximum Gasteiger partial charge on any atom is 0.0898 e. The molecule has 0 radical (unpaired) electrons. The maximum atomic E-state index is 5.67. The number of hydrogen-bond donors (Lipinski definition) is 1. The summed E-state index contributed by atoms with van der Waals surface area (Å²) in [5.41, 5.74) is 1.13. The molecule has 1 aliphatic heterocycles. The second kappa shape index (κ2) is 4.38. The minimum Gasteiger partial charge on any atom is -0.376 e. The van der Waals surface area contributed by atoms with Crippen LogP contribution in [0.1, 0.15) is 29.6 Å². The number of nitrogens with zero attached hydrogens (tertiary/aromatic N) is 1. The van der Waals surface area contributed by atoms with Gasteiger partial charge in [-0.15, -0.1) is 11.3 Å². The van der Waals surface area contributed by atoms with Crippen molar-refractivity contribution in [2.75, 3.05) is 13.7 Å². The van der Waals surface area contributed by atoms with Gasteiger partial charge in [-0.05, 0) is 26.8 Å². The molecule has 1 fully saturated rings. The summed E-state index contributed by atoms with van der Waals surface area (Å²) in [5.74, 6) is 0. The third-order valence-corrected chi connectivity index (χ3v) is 3.39. The Morgan fingerprint density at radius 2 is 2.57 bits per heavy atom. The fourth-order valence-electron chi connectivity index (χ4n) is 1.91. The van der Waals surface area contributed by atoms with Gasteiger partial charge < -0.3 is 10.1 Å². The Morgan fingerprint density at radius 1 is 1.71 bits per heavy atom. The fraction of sp³-hybridized carbons (Fsp3) is 0.700. The fourth-order valence-corrected chi connectivity index (χ4v) is 2.56. The lowest BCUT2D eigenvalue weighted by molar-refractivity contribution is 0.0797. The van der Waals surface area contributed by atoms with E-state index in [4.69, 9.17) is 4.74 Å². The number of hydrogen-bond acceptors (Lipinski definition) is 4. The second-order valence-corrected chi connectivity index (χ2v) is 4.67. The molecule has 3 nitrogen and oxygen atoms in total. The monoisotopic (exact) mass is 212 g/mol. The van der Waals surface area contributed by atoms with Gasteiger partial charge in [-0.1, -0.05) is 0 Å². The van der Waals surface area contributed by atoms with Gasteiger partial charge in [-0.25, -0.2) is 4.98 Å². The Kier molecular flexibility index (Phi) is 3.15. The molecule has 2 unspecified atom stereocenters. The predicted molar refractivity (Wildman–Crippen MR) is 57.6 cm³/mol. The molecule has 2 atom stereocenters. The lowest BCUT2D eigenvalue weighted by Gasteiger charge is -2.20. The van der Waals surface area contributed by atoms with E-state index in [1.807, 2.05) is 14.0 Å². The highest BCUT2D eigenvalue weighted by molar-refractivity contribution is 7.09. The summed E-state index contributed by atoms with van der Waals surface area (Å²) < 4.78 is 5.67. The zero-order valence-corrected chi connectivity index (χ0v) is 9.43. The van der Waals surface area contributed by atoms with Gasteiger partial charge in [0, 0.05) is 12.0 Å². The normalized spacial score (nSPS) is 24.0.